The lowest BCUT2D eigenvalue weighted by Gasteiger charge is -2.13. The van der Waals surface area contributed by atoms with Crippen LogP contribution in [0.5, 0.6) is 5.75 Å². The zero-order valence-corrected chi connectivity index (χ0v) is 7.90. The van der Waals surface area contributed by atoms with Gasteiger partial charge in [-0.1, -0.05) is 6.07 Å². The molecule has 4 heteroatoms. The zero-order chi connectivity index (χ0) is 10.6. The van der Waals surface area contributed by atoms with Crippen LogP contribution in [0.1, 0.15) is 17.2 Å². The minimum atomic E-state index is -0.474. The van der Waals surface area contributed by atoms with E-state index >= 15 is 0 Å². The first-order valence-corrected chi connectivity index (χ1v) is 4.17. The second-order valence-corrected chi connectivity index (χ2v) is 2.86. The minimum Gasteiger partial charge on any atom is -0.496 e. The second kappa shape index (κ2) is 4.61. The number of hydrogen-bond donors (Lipinski definition) is 2. The van der Waals surface area contributed by atoms with Gasteiger partial charge < -0.3 is 15.6 Å². The number of nitriles is 1. The molecular weight excluding hydrogens is 180 g/mol. The molecule has 0 saturated heterocycles. The highest BCUT2D eigenvalue weighted by Crippen LogP contribution is 2.24. The predicted octanol–water partition coefficient (Wildman–Crippen LogP) is 0.559. The number of aliphatic hydroxyl groups is 1. The molecule has 4 nitrogen and oxygen atoms in total. The summed E-state index contributed by atoms with van der Waals surface area (Å²) in [4.78, 5) is 0. The molecule has 0 spiro atoms. The quantitative estimate of drug-likeness (QED) is 0.733. The van der Waals surface area contributed by atoms with Gasteiger partial charge in [0, 0.05) is 5.56 Å². The normalized spacial score (nSPS) is 11.9. The summed E-state index contributed by atoms with van der Waals surface area (Å²) in [6.45, 7) is -0.151. The topological polar surface area (TPSA) is 79.3 Å². The molecule has 0 fully saturated rings. The van der Waals surface area contributed by atoms with Crippen molar-refractivity contribution in [3.63, 3.8) is 0 Å². The van der Waals surface area contributed by atoms with Crippen molar-refractivity contribution in [3.8, 4) is 11.8 Å². The molecule has 1 aromatic rings. The summed E-state index contributed by atoms with van der Waals surface area (Å²) in [5.41, 5.74) is 6.86. The molecule has 0 bridgehead atoms. The van der Waals surface area contributed by atoms with Gasteiger partial charge in [0.25, 0.3) is 0 Å². The fourth-order valence-corrected chi connectivity index (χ4v) is 1.19. The molecule has 0 amide bonds. The van der Waals surface area contributed by atoms with E-state index in [1.165, 1.54) is 7.11 Å². The summed E-state index contributed by atoms with van der Waals surface area (Å²) in [5, 5.41) is 17.5. The van der Waals surface area contributed by atoms with E-state index in [4.69, 9.17) is 20.8 Å². The summed E-state index contributed by atoms with van der Waals surface area (Å²) >= 11 is 0. The molecule has 0 heterocycles. The van der Waals surface area contributed by atoms with Crippen LogP contribution >= 0.6 is 0 Å². The van der Waals surface area contributed by atoms with E-state index in [1.807, 2.05) is 6.07 Å². The molecule has 0 aliphatic rings. The number of hydrogen-bond acceptors (Lipinski definition) is 4. The van der Waals surface area contributed by atoms with Crippen LogP contribution in [0.2, 0.25) is 0 Å². The van der Waals surface area contributed by atoms with Crippen LogP contribution in [-0.4, -0.2) is 18.8 Å². The van der Waals surface area contributed by atoms with Gasteiger partial charge in [-0.3, -0.25) is 0 Å². The van der Waals surface area contributed by atoms with Crippen LogP contribution in [0.3, 0.4) is 0 Å². The van der Waals surface area contributed by atoms with Crippen LogP contribution in [0.15, 0.2) is 18.2 Å². The van der Waals surface area contributed by atoms with E-state index in [-0.39, 0.29) is 6.61 Å². The number of nitrogens with zero attached hydrogens (tertiary/aromatic N) is 1. The molecule has 0 aromatic heterocycles. The third-order valence-corrected chi connectivity index (χ3v) is 1.96. The van der Waals surface area contributed by atoms with Gasteiger partial charge in [0.05, 0.1) is 31.4 Å². The first-order valence-electron chi connectivity index (χ1n) is 4.17. The van der Waals surface area contributed by atoms with Gasteiger partial charge in [0.2, 0.25) is 0 Å². The van der Waals surface area contributed by atoms with Crippen LogP contribution in [0, 0.1) is 11.3 Å². The van der Waals surface area contributed by atoms with Gasteiger partial charge >= 0.3 is 0 Å². The summed E-state index contributed by atoms with van der Waals surface area (Å²) in [5.74, 6) is 0.533. The average molecular weight is 192 g/mol. The minimum absolute atomic E-state index is 0.151. The van der Waals surface area contributed by atoms with Crippen molar-refractivity contribution in [2.24, 2.45) is 5.73 Å². The van der Waals surface area contributed by atoms with E-state index < -0.39 is 6.04 Å². The number of rotatable bonds is 3. The molecule has 74 valence electrons. The monoisotopic (exact) mass is 192 g/mol. The Morgan fingerprint density at radius 1 is 1.64 bits per heavy atom. The number of aliphatic hydroxyl groups excluding tert-OH is 1. The van der Waals surface area contributed by atoms with Crippen molar-refractivity contribution in [1.82, 2.24) is 0 Å². The van der Waals surface area contributed by atoms with Gasteiger partial charge in [-0.05, 0) is 12.1 Å². The molecular formula is C10H12N2O2. The van der Waals surface area contributed by atoms with Crippen molar-refractivity contribution >= 4 is 0 Å². The largest absolute Gasteiger partial charge is 0.496 e. The molecule has 0 radical (unpaired) electrons. The van der Waals surface area contributed by atoms with Crippen LogP contribution in [0.25, 0.3) is 0 Å². The molecule has 0 saturated carbocycles. The van der Waals surface area contributed by atoms with E-state index in [0.717, 1.165) is 0 Å². The molecule has 0 aliphatic carbocycles. The Bertz CT molecular complexity index is 358. The number of nitrogens with two attached hydrogens (primary N) is 1. The Hall–Kier alpha value is -1.57. The summed E-state index contributed by atoms with van der Waals surface area (Å²) in [6.07, 6.45) is 0. The molecule has 1 atom stereocenters. The lowest BCUT2D eigenvalue weighted by atomic mass is 10.0. The maximum atomic E-state index is 8.89. The third kappa shape index (κ3) is 2.02. The summed E-state index contributed by atoms with van der Waals surface area (Å²) in [6, 6.07) is 6.47. The standard InChI is InChI=1S/C10H12N2O2/c1-14-10-4-7(5-11)2-3-8(10)9(12)6-13/h2-4,9,13H,6,12H2,1H3. The maximum absolute atomic E-state index is 8.89. The first kappa shape index (κ1) is 10.5. The molecule has 1 rings (SSSR count). The van der Waals surface area contributed by atoms with Crippen LogP contribution in [0.4, 0.5) is 0 Å². The van der Waals surface area contributed by atoms with Gasteiger partial charge in [0.15, 0.2) is 0 Å². The molecule has 1 unspecified atom stereocenters. The summed E-state index contributed by atoms with van der Waals surface area (Å²) < 4.78 is 5.07. The molecule has 14 heavy (non-hydrogen) atoms. The van der Waals surface area contributed by atoms with Gasteiger partial charge in [0.1, 0.15) is 5.75 Å². The number of methoxy groups -OCH3 is 1. The molecule has 0 aliphatic heterocycles. The van der Waals surface area contributed by atoms with E-state index in [1.54, 1.807) is 18.2 Å². The number of benzene rings is 1. The fraction of sp³-hybridized carbons (Fsp3) is 0.300. The Kier molecular flexibility index (Phi) is 3.46. The number of ether oxygens (including phenoxy) is 1. The maximum Gasteiger partial charge on any atom is 0.125 e. The van der Waals surface area contributed by atoms with Crippen molar-refractivity contribution in [2.75, 3.05) is 13.7 Å². The van der Waals surface area contributed by atoms with Crippen molar-refractivity contribution in [3.05, 3.63) is 29.3 Å². The predicted molar refractivity (Wildman–Crippen MR) is 51.7 cm³/mol. The highest BCUT2D eigenvalue weighted by molar-refractivity contribution is 5.43. The highest BCUT2D eigenvalue weighted by Gasteiger charge is 2.11. The van der Waals surface area contributed by atoms with E-state index in [9.17, 15) is 0 Å². The van der Waals surface area contributed by atoms with Crippen molar-refractivity contribution in [2.45, 2.75) is 6.04 Å². The van der Waals surface area contributed by atoms with Gasteiger partial charge in [-0.2, -0.15) is 5.26 Å². The zero-order valence-electron chi connectivity index (χ0n) is 7.90. The molecule has 3 N–H and O–H groups in total. The third-order valence-electron chi connectivity index (χ3n) is 1.96. The van der Waals surface area contributed by atoms with Crippen LogP contribution in [-0.2, 0) is 0 Å². The first-order chi connectivity index (χ1) is 6.72. The average Bonchev–Trinajstić information content (AvgIpc) is 2.27. The fourth-order valence-electron chi connectivity index (χ4n) is 1.19. The lowest BCUT2D eigenvalue weighted by Crippen LogP contribution is -2.15. The van der Waals surface area contributed by atoms with E-state index in [0.29, 0.717) is 16.9 Å². The molecule has 1 aromatic carbocycles. The Morgan fingerprint density at radius 3 is 2.86 bits per heavy atom. The lowest BCUT2D eigenvalue weighted by molar-refractivity contribution is 0.264. The van der Waals surface area contributed by atoms with Crippen molar-refractivity contribution < 1.29 is 9.84 Å². The van der Waals surface area contributed by atoms with Gasteiger partial charge in [-0.15, -0.1) is 0 Å². The second-order valence-electron chi connectivity index (χ2n) is 2.86. The smallest absolute Gasteiger partial charge is 0.125 e. The Balaban J connectivity index is 3.13. The SMILES string of the molecule is COc1cc(C#N)ccc1C(N)CO. The highest BCUT2D eigenvalue weighted by atomic mass is 16.5. The Labute approximate surface area is 82.5 Å². The Morgan fingerprint density at radius 2 is 2.36 bits per heavy atom. The van der Waals surface area contributed by atoms with Gasteiger partial charge in [-0.25, -0.2) is 0 Å². The van der Waals surface area contributed by atoms with E-state index in [2.05, 4.69) is 0 Å². The summed E-state index contributed by atoms with van der Waals surface area (Å²) in [7, 11) is 1.50. The van der Waals surface area contributed by atoms with Crippen LogP contribution < -0.4 is 10.5 Å². The van der Waals surface area contributed by atoms with Crippen molar-refractivity contribution in [1.29, 1.82) is 5.26 Å².